The quantitative estimate of drug-likeness (QED) is 0.917. The summed E-state index contributed by atoms with van der Waals surface area (Å²) in [6.07, 6.45) is 1.74. The number of ether oxygens (including phenoxy) is 1. The molecular formula is C14H13BrN4O. The molecule has 0 unspecified atom stereocenters. The summed E-state index contributed by atoms with van der Waals surface area (Å²) in [6.45, 7) is 0.708. The van der Waals surface area contributed by atoms with Crippen LogP contribution in [0.15, 0.2) is 28.7 Å². The van der Waals surface area contributed by atoms with Gasteiger partial charge in [0.25, 0.3) is 0 Å². The van der Waals surface area contributed by atoms with Crippen LogP contribution in [0.4, 0.5) is 5.82 Å². The highest BCUT2D eigenvalue weighted by Gasteiger charge is 2.27. The first-order valence-electron chi connectivity index (χ1n) is 6.36. The van der Waals surface area contributed by atoms with Crippen LogP contribution in [0.25, 0.3) is 5.69 Å². The summed E-state index contributed by atoms with van der Waals surface area (Å²) in [7, 11) is 0. The van der Waals surface area contributed by atoms with Gasteiger partial charge in [-0.2, -0.15) is 10.4 Å². The molecule has 1 saturated heterocycles. The molecule has 1 atom stereocenters. The van der Waals surface area contributed by atoms with Crippen molar-refractivity contribution in [2.75, 3.05) is 12.3 Å². The van der Waals surface area contributed by atoms with E-state index in [1.54, 1.807) is 4.68 Å². The zero-order valence-corrected chi connectivity index (χ0v) is 12.3. The summed E-state index contributed by atoms with van der Waals surface area (Å²) >= 11 is 3.42. The number of hydrogen-bond donors (Lipinski definition) is 1. The number of anilines is 1. The van der Waals surface area contributed by atoms with Crippen LogP contribution in [-0.4, -0.2) is 16.4 Å². The zero-order chi connectivity index (χ0) is 14.1. The Labute approximate surface area is 125 Å². The molecule has 20 heavy (non-hydrogen) atoms. The Balaban J connectivity index is 2.11. The van der Waals surface area contributed by atoms with Gasteiger partial charge >= 0.3 is 0 Å². The van der Waals surface area contributed by atoms with E-state index < -0.39 is 0 Å². The van der Waals surface area contributed by atoms with Crippen LogP contribution in [0, 0.1) is 11.3 Å². The van der Waals surface area contributed by atoms with E-state index >= 15 is 0 Å². The standard InChI is InChI=1S/C14H13BrN4O/c15-9-3-1-4-10(7-9)19-14(17)11(8-16)13(18-19)12-5-2-6-20-12/h1,3-4,7,12H,2,5-6,17H2/t12-/m0/s1. The number of rotatable bonds is 2. The fourth-order valence-electron chi connectivity index (χ4n) is 2.39. The molecule has 2 N–H and O–H groups in total. The van der Waals surface area contributed by atoms with Crippen LogP contribution in [0.3, 0.4) is 0 Å². The minimum Gasteiger partial charge on any atom is -0.382 e. The summed E-state index contributed by atoms with van der Waals surface area (Å²) in [6, 6.07) is 9.78. The molecule has 0 bridgehead atoms. The van der Waals surface area contributed by atoms with Crippen molar-refractivity contribution in [1.29, 1.82) is 5.26 Å². The Morgan fingerprint density at radius 3 is 3.00 bits per heavy atom. The SMILES string of the molecule is N#Cc1c([C@@H]2CCCO2)nn(-c2cccc(Br)c2)c1N. The zero-order valence-electron chi connectivity index (χ0n) is 10.7. The third-order valence-corrected chi connectivity index (χ3v) is 3.84. The minimum absolute atomic E-state index is 0.125. The van der Waals surface area contributed by atoms with Gasteiger partial charge in [-0.25, -0.2) is 4.68 Å². The smallest absolute Gasteiger partial charge is 0.145 e. The highest BCUT2D eigenvalue weighted by Crippen LogP contribution is 2.33. The first-order valence-corrected chi connectivity index (χ1v) is 7.16. The molecule has 1 aromatic carbocycles. The first kappa shape index (κ1) is 13.2. The largest absolute Gasteiger partial charge is 0.382 e. The number of nitrogens with two attached hydrogens (primary N) is 1. The van der Waals surface area contributed by atoms with Gasteiger partial charge in [-0.05, 0) is 31.0 Å². The number of hydrogen-bond acceptors (Lipinski definition) is 4. The van der Waals surface area contributed by atoms with Crippen LogP contribution in [0.5, 0.6) is 0 Å². The molecule has 3 rings (SSSR count). The Bertz CT molecular complexity index is 683. The molecule has 1 aromatic heterocycles. The molecule has 102 valence electrons. The average Bonchev–Trinajstić information content (AvgIpc) is 3.05. The Kier molecular flexibility index (Phi) is 3.47. The maximum absolute atomic E-state index is 9.33. The fourth-order valence-corrected chi connectivity index (χ4v) is 2.77. The van der Waals surface area contributed by atoms with Gasteiger partial charge in [0.2, 0.25) is 0 Å². The summed E-state index contributed by atoms with van der Waals surface area (Å²) in [5.41, 5.74) is 7.94. The number of halogens is 1. The van der Waals surface area contributed by atoms with Gasteiger partial charge < -0.3 is 10.5 Å². The molecule has 5 nitrogen and oxygen atoms in total. The van der Waals surface area contributed by atoms with Crippen LogP contribution in [0.2, 0.25) is 0 Å². The highest BCUT2D eigenvalue weighted by atomic mass is 79.9. The average molecular weight is 333 g/mol. The topological polar surface area (TPSA) is 76.9 Å². The fraction of sp³-hybridized carbons (Fsp3) is 0.286. The van der Waals surface area contributed by atoms with E-state index in [9.17, 15) is 5.26 Å². The molecule has 6 heteroatoms. The molecule has 2 aromatic rings. The maximum Gasteiger partial charge on any atom is 0.145 e. The molecule has 0 amide bonds. The molecular weight excluding hydrogens is 320 g/mol. The van der Waals surface area contributed by atoms with Crippen molar-refractivity contribution in [2.24, 2.45) is 0 Å². The predicted molar refractivity (Wildman–Crippen MR) is 78.3 cm³/mol. The molecule has 0 aliphatic carbocycles. The highest BCUT2D eigenvalue weighted by molar-refractivity contribution is 9.10. The second-order valence-electron chi connectivity index (χ2n) is 4.65. The lowest BCUT2D eigenvalue weighted by Gasteiger charge is -2.05. The molecule has 0 saturated carbocycles. The van der Waals surface area contributed by atoms with Gasteiger partial charge in [0.05, 0.1) is 5.69 Å². The first-order chi connectivity index (χ1) is 9.70. The monoisotopic (exact) mass is 332 g/mol. The third kappa shape index (κ3) is 2.19. The van der Waals surface area contributed by atoms with Crippen molar-refractivity contribution in [2.45, 2.75) is 18.9 Å². The maximum atomic E-state index is 9.33. The Morgan fingerprint density at radius 2 is 2.35 bits per heavy atom. The van der Waals surface area contributed by atoms with Gasteiger partial charge in [-0.15, -0.1) is 0 Å². The van der Waals surface area contributed by atoms with E-state index in [0.29, 0.717) is 23.7 Å². The number of aromatic nitrogens is 2. The Hall–Kier alpha value is -1.84. The summed E-state index contributed by atoms with van der Waals surface area (Å²) < 4.78 is 8.15. The van der Waals surface area contributed by atoms with Crippen LogP contribution < -0.4 is 5.73 Å². The number of nitrogen functional groups attached to an aromatic ring is 1. The number of nitriles is 1. The summed E-state index contributed by atoms with van der Waals surface area (Å²) in [5, 5.41) is 13.8. The summed E-state index contributed by atoms with van der Waals surface area (Å²) in [4.78, 5) is 0. The lowest BCUT2D eigenvalue weighted by molar-refractivity contribution is 0.108. The van der Waals surface area contributed by atoms with E-state index in [1.807, 2.05) is 24.3 Å². The van der Waals surface area contributed by atoms with E-state index in [0.717, 1.165) is 23.0 Å². The van der Waals surface area contributed by atoms with Gasteiger partial charge in [-0.1, -0.05) is 22.0 Å². The van der Waals surface area contributed by atoms with E-state index in [2.05, 4.69) is 27.1 Å². The summed E-state index contributed by atoms with van der Waals surface area (Å²) in [5.74, 6) is 0.358. The van der Waals surface area contributed by atoms with Crippen LogP contribution in [-0.2, 0) is 4.74 Å². The van der Waals surface area contributed by atoms with Crippen molar-refractivity contribution in [3.8, 4) is 11.8 Å². The van der Waals surface area contributed by atoms with Crippen LogP contribution >= 0.6 is 15.9 Å². The molecule has 2 heterocycles. The second-order valence-corrected chi connectivity index (χ2v) is 5.57. The van der Waals surface area contributed by atoms with Crippen molar-refractivity contribution in [3.05, 3.63) is 40.0 Å². The molecule has 0 radical (unpaired) electrons. The lowest BCUT2D eigenvalue weighted by atomic mass is 10.1. The van der Waals surface area contributed by atoms with Gasteiger partial charge in [0, 0.05) is 11.1 Å². The molecule has 1 aliphatic rings. The van der Waals surface area contributed by atoms with Gasteiger partial charge in [0.15, 0.2) is 0 Å². The second kappa shape index (κ2) is 5.27. The van der Waals surface area contributed by atoms with Crippen molar-refractivity contribution in [3.63, 3.8) is 0 Å². The Morgan fingerprint density at radius 1 is 1.50 bits per heavy atom. The number of nitrogens with zero attached hydrogens (tertiary/aromatic N) is 3. The minimum atomic E-state index is -0.125. The van der Waals surface area contributed by atoms with E-state index in [4.69, 9.17) is 10.5 Å². The van der Waals surface area contributed by atoms with Gasteiger partial charge in [0.1, 0.15) is 29.2 Å². The number of benzene rings is 1. The lowest BCUT2D eigenvalue weighted by Crippen LogP contribution is -2.03. The van der Waals surface area contributed by atoms with Crippen molar-refractivity contribution >= 4 is 21.7 Å². The van der Waals surface area contributed by atoms with Crippen molar-refractivity contribution in [1.82, 2.24) is 9.78 Å². The molecule has 1 fully saturated rings. The van der Waals surface area contributed by atoms with E-state index in [-0.39, 0.29) is 6.10 Å². The van der Waals surface area contributed by atoms with Crippen LogP contribution in [0.1, 0.15) is 30.2 Å². The van der Waals surface area contributed by atoms with Crippen molar-refractivity contribution < 1.29 is 4.74 Å². The van der Waals surface area contributed by atoms with E-state index in [1.165, 1.54) is 0 Å². The predicted octanol–water partition coefficient (Wildman–Crippen LogP) is 2.94. The molecule has 1 aliphatic heterocycles. The van der Waals surface area contributed by atoms with Gasteiger partial charge in [-0.3, -0.25) is 0 Å². The molecule has 0 spiro atoms. The normalized spacial score (nSPS) is 18.1. The third-order valence-electron chi connectivity index (χ3n) is 3.35.